The minimum Gasteiger partial charge on any atom is -0.545 e. The molecule has 50 heavy (non-hydrogen) atoms. The Kier molecular flexibility index (Phi) is 10.7. The van der Waals surface area contributed by atoms with Crippen molar-refractivity contribution < 1.29 is 43.2 Å². The third-order valence-electron chi connectivity index (χ3n) is 9.55. The summed E-state index contributed by atoms with van der Waals surface area (Å²) in [5.41, 5.74) is 2.16. The largest absolute Gasteiger partial charge is 0.545 e. The van der Waals surface area contributed by atoms with Crippen molar-refractivity contribution in [1.29, 1.82) is 0 Å². The minimum absolute atomic E-state index is 0.0979. The van der Waals surface area contributed by atoms with Crippen molar-refractivity contribution in [2.24, 2.45) is 5.92 Å². The molecule has 3 aliphatic heterocycles. The fourth-order valence-corrected chi connectivity index (χ4v) is 7.51. The topological polar surface area (TPSA) is 124 Å². The van der Waals surface area contributed by atoms with Gasteiger partial charge in [-0.15, -0.1) is 0 Å². The Hall–Kier alpha value is -4.58. The van der Waals surface area contributed by atoms with Crippen molar-refractivity contribution in [1.82, 2.24) is 4.90 Å². The number of aromatic carboxylic acids is 1. The highest BCUT2D eigenvalue weighted by Gasteiger charge is 2.38. The molecule has 4 heterocycles. The van der Waals surface area contributed by atoms with Gasteiger partial charge in [-0.3, -0.25) is 10.1 Å². The van der Waals surface area contributed by atoms with Crippen LogP contribution < -0.4 is 24.6 Å². The van der Waals surface area contributed by atoms with Crippen molar-refractivity contribution in [2.45, 2.75) is 37.3 Å². The molecule has 13 heteroatoms. The van der Waals surface area contributed by atoms with Gasteiger partial charge in [0.25, 0.3) is 0 Å². The van der Waals surface area contributed by atoms with Crippen LogP contribution in [0.1, 0.15) is 57.4 Å². The van der Waals surface area contributed by atoms with E-state index in [-0.39, 0.29) is 34.1 Å². The van der Waals surface area contributed by atoms with Crippen molar-refractivity contribution in [3.05, 3.63) is 117 Å². The first-order valence-corrected chi connectivity index (χ1v) is 16.9. The Balaban J connectivity index is 1.42. The summed E-state index contributed by atoms with van der Waals surface area (Å²) in [6, 6.07) is 14.3. The molecule has 0 aliphatic carbocycles. The minimum atomic E-state index is -1.42. The predicted molar refractivity (Wildman–Crippen MR) is 182 cm³/mol. The number of piperidine rings is 3. The second kappa shape index (κ2) is 15.1. The van der Waals surface area contributed by atoms with Crippen LogP contribution in [0, 0.1) is 11.7 Å². The van der Waals surface area contributed by atoms with Crippen LogP contribution in [0.4, 0.5) is 10.1 Å². The van der Waals surface area contributed by atoms with Crippen LogP contribution in [0.2, 0.25) is 10.0 Å². The number of nitrogens with zero attached hydrogens (tertiary/aromatic N) is 2. The monoisotopic (exact) mass is 723 g/mol. The molecule has 7 rings (SSSR count). The fraction of sp³-hybridized carbons (Fsp3) is 0.324. The molecule has 0 radical (unpaired) electrons. The van der Waals surface area contributed by atoms with E-state index in [2.05, 4.69) is 10.2 Å². The molecule has 3 aliphatic rings. The number of fused-ring (bicyclic) bond motifs is 3. The summed E-state index contributed by atoms with van der Waals surface area (Å²) < 4.78 is 31.8. The van der Waals surface area contributed by atoms with E-state index in [4.69, 9.17) is 37.4 Å². The number of carbonyl (C=O) groups is 2. The molecule has 0 amide bonds. The number of methoxy groups -OCH3 is 2. The maximum absolute atomic E-state index is 14.0. The van der Waals surface area contributed by atoms with Gasteiger partial charge in [0.05, 0.1) is 20.2 Å². The molecule has 2 unspecified atom stereocenters. The first-order valence-electron chi connectivity index (χ1n) is 16.1. The van der Waals surface area contributed by atoms with Gasteiger partial charge in [0.2, 0.25) is 12.4 Å². The maximum Gasteiger partial charge on any atom is 0.333 e. The van der Waals surface area contributed by atoms with Crippen LogP contribution in [0.15, 0.2) is 73.1 Å². The van der Waals surface area contributed by atoms with Crippen LogP contribution in [-0.4, -0.2) is 62.0 Å². The van der Waals surface area contributed by atoms with Crippen molar-refractivity contribution >= 4 is 40.8 Å². The van der Waals surface area contributed by atoms with Gasteiger partial charge < -0.3 is 29.4 Å². The molecular weight excluding hydrogens is 688 g/mol. The van der Waals surface area contributed by atoms with E-state index in [1.165, 1.54) is 63.0 Å². The molecule has 10 nitrogen and oxygen atoms in total. The zero-order valence-electron chi connectivity index (χ0n) is 27.4. The van der Waals surface area contributed by atoms with E-state index in [1.54, 1.807) is 24.3 Å². The lowest BCUT2D eigenvalue weighted by molar-refractivity contribution is -0.904. The molecule has 2 bridgehead atoms. The second-order valence-electron chi connectivity index (χ2n) is 12.5. The summed E-state index contributed by atoms with van der Waals surface area (Å²) in [4.78, 5) is 28.8. The smallest absolute Gasteiger partial charge is 0.333 e. The highest BCUT2D eigenvalue weighted by atomic mass is 35.5. The quantitative estimate of drug-likeness (QED) is 0.115. The summed E-state index contributed by atoms with van der Waals surface area (Å²) in [5, 5.41) is 26.2. The number of ether oxygens (including phenoxy) is 3. The zero-order chi connectivity index (χ0) is 35.5. The predicted octanol–water partition coefficient (Wildman–Crippen LogP) is 5.20. The van der Waals surface area contributed by atoms with Gasteiger partial charge in [-0.25, -0.2) is 9.18 Å². The number of hydrogen-bond acceptors (Lipinski definition) is 9. The van der Waals surface area contributed by atoms with Crippen LogP contribution in [0.5, 0.6) is 11.5 Å². The Morgan fingerprint density at radius 2 is 1.64 bits per heavy atom. The summed E-state index contributed by atoms with van der Waals surface area (Å²) in [6.45, 7) is 2.62. The van der Waals surface area contributed by atoms with E-state index in [9.17, 15) is 24.3 Å². The van der Waals surface area contributed by atoms with E-state index < -0.39 is 29.7 Å². The van der Waals surface area contributed by atoms with Gasteiger partial charge in [-0.2, -0.15) is 0 Å². The van der Waals surface area contributed by atoms with Gasteiger partial charge in [-0.1, -0.05) is 47.5 Å². The number of pyridine rings is 1. The Morgan fingerprint density at radius 1 is 0.980 bits per heavy atom. The third-order valence-corrected chi connectivity index (χ3v) is 10.2. The molecule has 3 fully saturated rings. The highest BCUT2D eigenvalue weighted by molar-refractivity contribution is 6.35. The molecular formula is C37H36Cl2FN3O7. The molecule has 4 aromatic rings. The van der Waals surface area contributed by atoms with E-state index >= 15 is 0 Å². The standard InChI is InChI=1S/C37H36Cl2FN3O7/c1-48-32-10-5-23(15-33(32)49-2)27(17-29-30(38)18-43(47)19-31(29)39)28-16-25(8-9-26(28)36(44)45)41-35(22-3-6-24(40)7-4-22)37(46)50-34-20-42-13-11-21(34)12-14-42/h3-10,15-16,18-19,21,27,34-35,41H,11-14,17,20H2,1-2H3,(H-,44,45,47)/t27?,34-,35?/m0/s1. The van der Waals surface area contributed by atoms with Crippen molar-refractivity contribution in [2.75, 3.05) is 39.2 Å². The molecule has 0 spiro atoms. The van der Waals surface area contributed by atoms with Crippen LogP contribution >= 0.6 is 23.2 Å². The van der Waals surface area contributed by atoms with Gasteiger partial charge in [0, 0.05) is 34.0 Å². The number of carboxylic acid groups (broad SMARTS) is 1. The number of hydrogen-bond donors (Lipinski definition) is 2. The summed E-state index contributed by atoms with van der Waals surface area (Å²) in [7, 11) is 2.99. The lowest BCUT2D eigenvalue weighted by Crippen LogP contribution is -2.52. The van der Waals surface area contributed by atoms with Gasteiger partial charge >= 0.3 is 5.97 Å². The van der Waals surface area contributed by atoms with Crippen LogP contribution in [0.25, 0.3) is 0 Å². The number of anilines is 1. The number of carboxylic acids is 1. The molecule has 2 N–H and O–H groups in total. The summed E-state index contributed by atoms with van der Waals surface area (Å²) in [5.74, 6) is -1.98. The number of halogens is 3. The molecule has 3 atom stereocenters. The lowest BCUT2D eigenvalue weighted by Gasteiger charge is -2.44. The number of esters is 1. The number of carbonyl (C=O) groups excluding carboxylic acids is 2. The first kappa shape index (κ1) is 35.3. The first-order chi connectivity index (χ1) is 24.0. The van der Waals surface area contributed by atoms with Crippen LogP contribution in [-0.2, 0) is 16.0 Å². The highest BCUT2D eigenvalue weighted by Crippen LogP contribution is 2.40. The van der Waals surface area contributed by atoms with E-state index in [1.807, 2.05) is 0 Å². The van der Waals surface area contributed by atoms with Gasteiger partial charge in [-0.05, 0) is 91.4 Å². The van der Waals surface area contributed by atoms with E-state index in [0.717, 1.165) is 30.7 Å². The Labute approximate surface area is 298 Å². The number of rotatable bonds is 12. The van der Waals surface area contributed by atoms with Gasteiger partial charge in [0.1, 0.15) is 22.0 Å². The summed E-state index contributed by atoms with van der Waals surface area (Å²) >= 11 is 13.1. The fourth-order valence-electron chi connectivity index (χ4n) is 6.90. The zero-order valence-corrected chi connectivity index (χ0v) is 28.9. The van der Waals surface area contributed by atoms with Crippen molar-refractivity contribution in [3.63, 3.8) is 0 Å². The maximum atomic E-state index is 14.0. The second-order valence-corrected chi connectivity index (χ2v) is 13.3. The van der Waals surface area contributed by atoms with Gasteiger partial charge in [0.15, 0.2) is 17.5 Å². The molecule has 0 saturated carbocycles. The SMILES string of the molecule is COc1ccc(C(Cc2c(Cl)c[n+](O)cc2Cl)c2cc(NC(C(=O)O[C@H]3CN4CCC3CC4)c3ccc(F)cc3)ccc2C(=O)[O-])cc1OC. The van der Waals surface area contributed by atoms with E-state index in [0.29, 0.717) is 46.0 Å². The number of benzene rings is 3. The Morgan fingerprint density at radius 3 is 2.24 bits per heavy atom. The average molecular weight is 725 g/mol. The third kappa shape index (κ3) is 7.60. The molecule has 262 valence electrons. The number of nitrogens with one attached hydrogen (secondary N) is 1. The lowest BCUT2D eigenvalue weighted by atomic mass is 9.83. The number of aromatic nitrogens is 1. The normalized spacial score (nSPS) is 19.3. The summed E-state index contributed by atoms with van der Waals surface area (Å²) in [6.07, 6.45) is 4.29. The van der Waals surface area contributed by atoms with Crippen molar-refractivity contribution in [3.8, 4) is 11.5 Å². The molecule has 3 saturated heterocycles. The van der Waals surface area contributed by atoms with Crippen LogP contribution in [0.3, 0.4) is 0 Å². The Bertz CT molecular complexity index is 1860. The average Bonchev–Trinajstić information content (AvgIpc) is 3.11. The molecule has 1 aromatic heterocycles. The molecule has 3 aromatic carbocycles.